The van der Waals surface area contributed by atoms with Crippen LogP contribution in [0.15, 0.2) is 76.5 Å². The Morgan fingerprint density at radius 3 is 2.40 bits per heavy atom. The van der Waals surface area contributed by atoms with Gasteiger partial charge in [-0.3, -0.25) is 0 Å². The second-order valence-corrected chi connectivity index (χ2v) is 16.8. The van der Waals surface area contributed by atoms with Crippen LogP contribution in [0.5, 0.6) is 11.5 Å². The van der Waals surface area contributed by atoms with Crippen LogP contribution in [0, 0.1) is 0 Å². The van der Waals surface area contributed by atoms with Crippen LogP contribution in [0.1, 0.15) is 37.7 Å². The number of nitrogens with one attached hydrogen (secondary N) is 2. The zero-order chi connectivity index (χ0) is 34.2. The first-order valence-electron chi connectivity index (χ1n) is 16.2. The van der Waals surface area contributed by atoms with E-state index in [4.69, 9.17) is 19.9 Å². The molecule has 0 radical (unpaired) electrons. The molecule has 1 spiro atoms. The third-order valence-corrected chi connectivity index (χ3v) is 13.0. The van der Waals surface area contributed by atoms with Crippen molar-refractivity contribution in [3.63, 3.8) is 0 Å². The van der Waals surface area contributed by atoms with E-state index in [0.29, 0.717) is 56.0 Å². The Morgan fingerprint density at radius 2 is 1.73 bits per heavy atom. The molecule has 1 unspecified atom stereocenters. The van der Waals surface area contributed by atoms with Crippen molar-refractivity contribution >= 4 is 20.0 Å². The minimum Gasteiger partial charge on any atom is -0.496 e. The lowest BCUT2D eigenvalue weighted by atomic mass is 9.88. The van der Waals surface area contributed by atoms with E-state index in [-0.39, 0.29) is 34.5 Å². The maximum absolute atomic E-state index is 13.8. The van der Waals surface area contributed by atoms with Crippen molar-refractivity contribution in [1.29, 1.82) is 0 Å². The highest BCUT2D eigenvalue weighted by Crippen LogP contribution is 2.44. The average molecular weight is 701 g/mol. The van der Waals surface area contributed by atoms with Crippen LogP contribution in [-0.2, 0) is 30.3 Å². The van der Waals surface area contributed by atoms with Gasteiger partial charge in [-0.05, 0) is 80.6 Å². The zero-order valence-corrected chi connectivity index (χ0v) is 28.9. The van der Waals surface area contributed by atoms with E-state index in [1.54, 1.807) is 37.4 Å². The second kappa shape index (κ2) is 13.7. The van der Waals surface area contributed by atoms with E-state index in [1.807, 2.05) is 24.3 Å². The predicted molar refractivity (Wildman–Crippen MR) is 181 cm³/mol. The van der Waals surface area contributed by atoms with E-state index in [0.717, 1.165) is 24.0 Å². The van der Waals surface area contributed by atoms with Crippen molar-refractivity contribution in [3.8, 4) is 22.6 Å². The first-order valence-corrected chi connectivity index (χ1v) is 19.1. The normalized spacial score (nSPS) is 21.2. The number of sulfonamides is 2. The molecule has 260 valence electrons. The molecule has 1 saturated carbocycles. The number of rotatable bonds is 13. The molecule has 48 heavy (non-hydrogen) atoms. The first-order chi connectivity index (χ1) is 22.9. The molecule has 2 heterocycles. The number of nitrogens with zero attached hydrogens (tertiary/aromatic N) is 1. The number of hydrogen-bond donors (Lipinski definition) is 4. The molecule has 0 bridgehead atoms. The quantitative estimate of drug-likeness (QED) is 0.208. The molecule has 3 aliphatic rings. The highest BCUT2D eigenvalue weighted by atomic mass is 32.2. The summed E-state index contributed by atoms with van der Waals surface area (Å²) >= 11 is 0. The number of benzene rings is 3. The Hall–Kier alpha value is -3.08. The Labute approximate surface area is 282 Å². The van der Waals surface area contributed by atoms with Gasteiger partial charge in [0.2, 0.25) is 20.0 Å². The summed E-state index contributed by atoms with van der Waals surface area (Å²) in [4.78, 5) is 0.297. The van der Waals surface area contributed by atoms with E-state index in [1.165, 1.54) is 23.5 Å². The average Bonchev–Trinajstić information content (AvgIpc) is 3.74. The lowest BCUT2D eigenvalue weighted by Crippen LogP contribution is -2.47. The van der Waals surface area contributed by atoms with Gasteiger partial charge in [0, 0.05) is 42.8 Å². The maximum Gasteiger partial charge on any atom is 0.243 e. The lowest BCUT2D eigenvalue weighted by Gasteiger charge is -2.38. The summed E-state index contributed by atoms with van der Waals surface area (Å²) in [6, 6.07) is 19.0. The highest BCUT2D eigenvalue weighted by Gasteiger charge is 2.45. The summed E-state index contributed by atoms with van der Waals surface area (Å²) in [7, 11) is -4.45. The number of aliphatic hydroxyl groups excluding tert-OH is 1. The van der Waals surface area contributed by atoms with Crippen LogP contribution >= 0.6 is 0 Å². The fourth-order valence-electron chi connectivity index (χ4n) is 6.49. The molecule has 1 aliphatic carbocycles. The van der Waals surface area contributed by atoms with Gasteiger partial charge < -0.3 is 30.4 Å². The van der Waals surface area contributed by atoms with Crippen LogP contribution in [0.25, 0.3) is 11.1 Å². The van der Waals surface area contributed by atoms with Gasteiger partial charge in [-0.15, -0.1) is 0 Å². The summed E-state index contributed by atoms with van der Waals surface area (Å²) in [6.07, 6.45) is 2.92. The molecule has 6 rings (SSSR count). The van der Waals surface area contributed by atoms with E-state index >= 15 is 0 Å². The number of aliphatic hydroxyl groups is 1. The molecule has 0 aromatic heterocycles. The minimum absolute atomic E-state index is 0.00324. The maximum atomic E-state index is 13.8. The molecule has 2 aliphatic heterocycles. The fourth-order valence-corrected chi connectivity index (χ4v) is 8.72. The third-order valence-electron chi connectivity index (χ3n) is 9.68. The van der Waals surface area contributed by atoms with Gasteiger partial charge in [0.1, 0.15) is 24.2 Å². The monoisotopic (exact) mass is 700 g/mol. The largest absolute Gasteiger partial charge is 0.496 e. The highest BCUT2D eigenvalue weighted by molar-refractivity contribution is 7.89. The number of hydrogen-bond acceptors (Lipinski definition) is 10. The molecular weight excluding hydrogens is 657 g/mol. The van der Waals surface area contributed by atoms with Crippen LogP contribution in [0.2, 0.25) is 0 Å². The molecule has 2 saturated heterocycles. The summed E-state index contributed by atoms with van der Waals surface area (Å²) in [5, 5.41) is 13.8. The van der Waals surface area contributed by atoms with Crippen molar-refractivity contribution in [2.45, 2.75) is 65.2 Å². The smallest absolute Gasteiger partial charge is 0.243 e. The lowest BCUT2D eigenvalue weighted by molar-refractivity contribution is -0.0312. The van der Waals surface area contributed by atoms with Crippen molar-refractivity contribution in [3.05, 3.63) is 72.3 Å². The van der Waals surface area contributed by atoms with Gasteiger partial charge >= 0.3 is 0 Å². The van der Waals surface area contributed by atoms with Gasteiger partial charge in [-0.25, -0.2) is 21.6 Å². The van der Waals surface area contributed by atoms with Crippen LogP contribution < -0.4 is 25.2 Å². The summed E-state index contributed by atoms with van der Waals surface area (Å²) < 4.78 is 72.9. The van der Waals surface area contributed by atoms with Crippen LogP contribution in [0.3, 0.4) is 0 Å². The van der Waals surface area contributed by atoms with Gasteiger partial charge in [-0.2, -0.15) is 4.31 Å². The summed E-state index contributed by atoms with van der Waals surface area (Å²) in [5.74, 6) is 0.936. The Balaban J connectivity index is 1.01. The number of ether oxygens (including phenoxy) is 3. The topological polar surface area (TPSA) is 170 Å². The first kappa shape index (κ1) is 34.8. The van der Waals surface area contributed by atoms with Crippen molar-refractivity contribution < 1.29 is 36.2 Å². The van der Waals surface area contributed by atoms with Gasteiger partial charge in [0.25, 0.3) is 0 Å². The van der Waals surface area contributed by atoms with Gasteiger partial charge in [0.05, 0.1) is 29.1 Å². The molecule has 12 nitrogen and oxygen atoms in total. The van der Waals surface area contributed by atoms with E-state index < -0.39 is 31.8 Å². The van der Waals surface area contributed by atoms with Crippen molar-refractivity contribution in [1.82, 2.24) is 14.3 Å². The Bertz CT molecular complexity index is 1820. The number of nitrogens with two attached hydrogens (primary N) is 1. The van der Waals surface area contributed by atoms with Crippen molar-refractivity contribution in [2.75, 3.05) is 47.0 Å². The van der Waals surface area contributed by atoms with Crippen molar-refractivity contribution in [2.24, 2.45) is 5.73 Å². The minimum atomic E-state index is -3.76. The summed E-state index contributed by atoms with van der Waals surface area (Å²) in [6.45, 7) is 1.37. The zero-order valence-electron chi connectivity index (χ0n) is 27.2. The number of methoxy groups -OCH3 is 1. The summed E-state index contributed by atoms with van der Waals surface area (Å²) in [5.41, 5.74) is 8.32. The van der Waals surface area contributed by atoms with Gasteiger partial charge in [-0.1, -0.05) is 30.3 Å². The fraction of sp³-hybridized carbons (Fsp3) is 0.471. The third kappa shape index (κ3) is 7.41. The second-order valence-electron chi connectivity index (χ2n) is 13.0. The Morgan fingerprint density at radius 1 is 1.00 bits per heavy atom. The van der Waals surface area contributed by atoms with Gasteiger partial charge in [0.15, 0.2) is 0 Å². The molecule has 3 fully saturated rings. The molecule has 2 atom stereocenters. The molecule has 0 amide bonds. The standard InChI is InChI=1S/C34H44N4O8S2/c1-36-47(40,41)29-5-3-4-28(18-29)45-23-27(39)21-37-26-20-33(46-22-26)14-16-38(17-15-33)48(42,43)30-10-11-32(44-2)31(19-30)24-6-8-25(9-7-24)34(35)12-13-34/h3-11,18-19,26-27,36-37,39H,12-17,20-23,35H2,1-2H3/t26-,27?/m1/s1. The van der Waals surface area contributed by atoms with E-state index in [2.05, 4.69) is 10.0 Å². The molecule has 5 N–H and O–H groups in total. The van der Waals surface area contributed by atoms with Crippen LogP contribution in [0.4, 0.5) is 0 Å². The molecular formula is C34H44N4O8S2. The van der Waals surface area contributed by atoms with E-state index in [9.17, 15) is 21.9 Å². The Kier molecular flexibility index (Phi) is 9.91. The number of piperidine rings is 1. The molecule has 3 aromatic rings. The SMILES string of the molecule is CNS(=O)(=O)c1cccc(OCC(O)CN[C@H]2COC3(CCN(S(=O)(=O)c4ccc(OC)c(-c5ccc(C6(N)CC6)cc5)c4)CC3)C2)c1. The molecule has 14 heteroatoms. The predicted octanol–water partition coefficient (Wildman–Crippen LogP) is 2.56. The van der Waals surface area contributed by atoms with Crippen LogP contribution in [-0.4, -0.2) is 91.0 Å². The molecule has 3 aromatic carbocycles.